The van der Waals surface area contributed by atoms with Crippen LogP contribution in [0.2, 0.25) is 0 Å². The number of benzene rings is 2. The second-order valence-electron chi connectivity index (χ2n) is 6.71. The zero-order valence-electron chi connectivity index (χ0n) is 22.6. The minimum atomic E-state index is -3.41. The summed E-state index contributed by atoms with van der Waals surface area (Å²) in [5.41, 5.74) is 1.42. The van der Waals surface area contributed by atoms with Gasteiger partial charge < -0.3 is 9.80 Å². The Morgan fingerprint density at radius 1 is 1.18 bits per heavy atom. The van der Waals surface area contributed by atoms with E-state index in [9.17, 15) is 9.18 Å². The molecule has 2 aromatic rings. The molecule has 0 aliphatic carbocycles. The van der Waals surface area contributed by atoms with E-state index in [1.165, 1.54) is 17.7 Å². The van der Waals surface area contributed by atoms with Gasteiger partial charge in [0, 0.05) is 47.3 Å². The molecule has 1 saturated heterocycles. The molecule has 3 rings (SSSR count). The second-order valence-corrected chi connectivity index (χ2v) is 6.71. The molecule has 0 unspecified atom stereocenters. The Balaban J connectivity index is 0.00000432. The fourth-order valence-electron chi connectivity index (χ4n) is 3.54. The van der Waals surface area contributed by atoms with E-state index in [1.807, 2.05) is 18.2 Å². The molecule has 0 aromatic heterocycles. The number of amides is 1. The van der Waals surface area contributed by atoms with Crippen LogP contribution in [0, 0.1) is 5.82 Å². The molecule has 1 fully saturated rings. The van der Waals surface area contributed by atoms with Crippen molar-refractivity contribution in [1.29, 1.82) is 0 Å². The van der Waals surface area contributed by atoms with Crippen LogP contribution in [0.25, 0.3) is 0 Å². The monoisotopic (exact) mass is 411 g/mol. The standard InChI is InChI=1S/C23H29FN2O.ClH/c1-2-6-23(27)26(21-11-9-20(24)10-12-21)22-14-17-25(18-15-22)16-13-19-7-4-3-5-8-19;/h3-5,7-12,22H,2,6,13-18H2,1H3;1H/i1D3,2D2,6D2;. The van der Waals surface area contributed by atoms with Crippen LogP contribution in [-0.2, 0) is 11.2 Å². The number of halogens is 2. The van der Waals surface area contributed by atoms with Crippen molar-refractivity contribution in [2.24, 2.45) is 0 Å². The molecule has 1 heterocycles. The Kier molecular flexibility index (Phi) is 5.64. The van der Waals surface area contributed by atoms with Gasteiger partial charge in [-0.25, -0.2) is 4.39 Å². The van der Waals surface area contributed by atoms with Gasteiger partial charge in [0.05, 0.1) is 0 Å². The summed E-state index contributed by atoms with van der Waals surface area (Å²) in [6, 6.07) is 14.5. The third-order valence-electron chi connectivity index (χ3n) is 4.97. The Morgan fingerprint density at radius 3 is 2.50 bits per heavy atom. The lowest BCUT2D eigenvalue weighted by atomic mass is 10.0. The quantitative estimate of drug-likeness (QED) is 0.633. The first-order chi connectivity index (χ1) is 15.8. The van der Waals surface area contributed by atoms with E-state index < -0.39 is 37.4 Å². The molecule has 0 N–H and O–H groups in total. The molecule has 1 aliphatic rings. The maximum Gasteiger partial charge on any atom is 0.227 e. The van der Waals surface area contributed by atoms with Crippen LogP contribution in [0.4, 0.5) is 10.1 Å². The zero-order valence-corrected chi connectivity index (χ0v) is 16.4. The summed E-state index contributed by atoms with van der Waals surface area (Å²) < 4.78 is 68.0. The van der Waals surface area contributed by atoms with E-state index in [0.717, 1.165) is 30.0 Å². The lowest BCUT2D eigenvalue weighted by Gasteiger charge is -2.38. The van der Waals surface area contributed by atoms with Crippen LogP contribution in [0.15, 0.2) is 54.6 Å². The third kappa shape index (κ3) is 6.05. The van der Waals surface area contributed by atoms with E-state index >= 15 is 0 Å². The fourth-order valence-corrected chi connectivity index (χ4v) is 3.54. The highest BCUT2D eigenvalue weighted by Crippen LogP contribution is 2.25. The van der Waals surface area contributed by atoms with Gasteiger partial charge in [0.15, 0.2) is 0 Å². The zero-order chi connectivity index (χ0) is 25.1. The maximum atomic E-state index is 13.5. The Labute approximate surface area is 183 Å². The van der Waals surface area contributed by atoms with Gasteiger partial charge in [-0.05, 0) is 55.5 Å². The van der Waals surface area contributed by atoms with E-state index in [4.69, 9.17) is 9.60 Å². The second kappa shape index (κ2) is 11.2. The molecular formula is C23H30ClFN2O. The first-order valence-corrected chi connectivity index (χ1v) is 9.20. The molecule has 3 nitrogen and oxygen atoms in total. The van der Waals surface area contributed by atoms with Gasteiger partial charge in [-0.2, -0.15) is 0 Å². The summed E-state index contributed by atoms with van der Waals surface area (Å²) in [6.07, 6.45) is -4.88. The van der Waals surface area contributed by atoms with Crippen molar-refractivity contribution >= 4 is 24.0 Å². The van der Waals surface area contributed by atoms with Crippen molar-refractivity contribution in [3.63, 3.8) is 0 Å². The van der Waals surface area contributed by atoms with Crippen LogP contribution in [0.3, 0.4) is 0 Å². The molecule has 0 radical (unpaired) electrons. The molecule has 2 aromatic carbocycles. The number of likely N-dealkylation sites (tertiary alicyclic amines) is 1. The Hall–Kier alpha value is -1.91. The molecule has 152 valence electrons. The molecule has 28 heavy (non-hydrogen) atoms. The SMILES string of the molecule is Cl.[2H]C([2H])([2H])C([2H])([2H])C([2H])([2H])C(=O)N(c1ccc(F)cc1)C1CCN(CCc2ccccc2)CC1. The molecule has 0 atom stereocenters. The summed E-state index contributed by atoms with van der Waals surface area (Å²) in [4.78, 5) is 16.8. The van der Waals surface area contributed by atoms with Crippen LogP contribution in [0.5, 0.6) is 0 Å². The minimum absolute atomic E-state index is 0. The van der Waals surface area contributed by atoms with E-state index in [1.54, 1.807) is 0 Å². The Morgan fingerprint density at radius 2 is 1.86 bits per heavy atom. The number of nitrogens with zero attached hydrogens (tertiary/aromatic N) is 2. The number of carbonyl (C=O) groups is 1. The van der Waals surface area contributed by atoms with Crippen molar-refractivity contribution in [1.82, 2.24) is 4.90 Å². The summed E-state index contributed by atoms with van der Waals surface area (Å²) >= 11 is 0. The fraction of sp³-hybridized carbons (Fsp3) is 0.435. The molecule has 1 aliphatic heterocycles. The highest BCUT2D eigenvalue weighted by molar-refractivity contribution is 5.93. The first kappa shape index (κ1) is 14.1. The Bertz CT molecular complexity index is 966. The van der Waals surface area contributed by atoms with Crippen LogP contribution in [0.1, 0.15) is 47.6 Å². The van der Waals surface area contributed by atoms with E-state index in [-0.39, 0.29) is 18.1 Å². The van der Waals surface area contributed by atoms with Crippen LogP contribution >= 0.6 is 12.4 Å². The number of rotatable bonds is 7. The van der Waals surface area contributed by atoms with Gasteiger partial charge in [0.1, 0.15) is 5.82 Å². The lowest BCUT2D eigenvalue weighted by molar-refractivity contribution is -0.119. The maximum absolute atomic E-state index is 13.5. The number of hydrogen-bond acceptors (Lipinski definition) is 2. The van der Waals surface area contributed by atoms with Gasteiger partial charge in [-0.15, -0.1) is 12.4 Å². The predicted molar refractivity (Wildman–Crippen MR) is 116 cm³/mol. The summed E-state index contributed by atoms with van der Waals surface area (Å²) in [5.74, 6) is -1.81. The normalized spacial score (nSPS) is 20.2. The van der Waals surface area contributed by atoms with Gasteiger partial charge >= 0.3 is 0 Å². The third-order valence-corrected chi connectivity index (χ3v) is 4.97. The molecule has 0 saturated carbocycles. The van der Waals surface area contributed by atoms with Crippen molar-refractivity contribution < 1.29 is 18.8 Å². The molecule has 5 heteroatoms. The summed E-state index contributed by atoms with van der Waals surface area (Å²) in [5, 5.41) is 0. The lowest BCUT2D eigenvalue weighted by Crippen LogP contribution is -2.48. The molecular weight excluding hydrogens is 375 g/mol. The topological polar surface area (TPSA) is 23.6 Å². The van der Waals surface area contributed by atoms with Crippen molar-refractivity contribution in [2.45, 2.75) is 44.9 Å². The average Bonchev–Trinajstić information content (AvgIpc) is 2.79. The largest absolute Gasteiger partial charge is 0.309 e. The molecule has 0 bridgehead atoms. The van der Waals surface area contributed by atoms with Gasteiger partial charge in [0.2, 0.25) is 5.91 Å². The molecule has 1 amide bonds. The number of anilines is 1. The predicted octanol–water partition coefficient (Wildman–Crippen LogP) is 5.09. The summed E-state index contributed by atoms with van der Waals surface area (Å²) in [6.45, 7) is -1.25. The molecule has 0 spiro atoms. The van der Waals surface area contributed by atoms with Crippen molar-refractivity contribution in [3.8, 4) is 0 Å². The average molecular weight is 412 g/mol. The smallest absolute Gasteiger partial charge is 0.227 e. The highest BCUT2D eigenvalue weighted by Gasteiger charge is 2.28. The van der Waals surface area contributed by atoms with Crippen molar-refractivity contribution in [3.05, 3.63) is 66.0 Å². The van der Waals surface area contributed by atoms with Gasteiger partial charge in [-0.3, -0.25) is 4.79 Å². The van der Waals surface area contributed by atoms with E-state index in [0.29, 0.717) is 25.9 Å². The number of carbonyl (C=O) groups excluding carboxylic acids is 1. The van der Waals surface area contributed by atoms with Crippen molar-refractivity contribution in [2.75, 3.05) is 24.5 Å². The van der Waals surface area contributed by atoms with Gasteiger partial charge in [0.25, 0.3) is 0 Å². The first-order valence-electron chi connectivity index (χ1n) is 12.7. The van der Waals surface area contributed by atoms with Crippen LogP contribution < -0.4 is 4.90 Å². The highest BCUT2D eigenvalue weighted by atomic mass is 35.5. The van der Waals surface area contributed by atoms with Gasteiger partial charge in [-0.1, -0.05) is 37.2 Å². The number of piperidine rings is 1. The van der Waals surface area contributed by atoms with E-state index in [2.05, 4.69) is 17.0 Å². The number of hydrogen-bond donors (Lipinski definition) is 0. The minimum Gasteiger partial charge on any atom is -0.309 e. The van der Waals surface area contributed by atoms with Crippen LogP contribution in [-0.4, -0.2) is 36.5 Å². The summed E-state index contributed by atoms with van der Waals surface area (Å²) in [7, 11) is 0.